The molecule has 0 aliphatic heterocycles. The molecule has 0 bridgehead atoms. The maximum Gasteiger partial charge on any atom is 0.00761 e. The van der Waals surface area contributed by atoms with Crippen LogP contribution in [-0.2, 0) is 0 Å². The number of allylic oxidation sites excluding steroid dienone is 1. The van der Waals surface area contributed by atoms with Gasteiger partial charge >= 0.3 is 0 Å². The molecule has 1 heteroatoms. The average Bonchev–Trinajstić information content (AvgIpc) is 2.53. The Morgan fingerprint density at radius 1 is 1.08 bits per heavy atom. The molecule has 1 aliphatic carbocycles. The van der Waals surface area contributed by atoms with Gasteiger partial charge in [-0.3, -0.25) is 0 Å². The van der Waals surface area contributed by atoms with Crippen LogP contribution in [0.15, 0.2) is 11.6 Å². The quantitative estimate of drug-likeness (QED) is 0.412. The summed E-state index contributed by atoms with van der Waals surface area (Å²) in [6.07, 6.45) is 17.1. The number of unbranched alkanes of at least 4 members (excludes halogenated alkanes) is 2. The Labute approximate surface area is 159 Å². The van der Waals surface area contributed by atoms with Crippen molar-refractivity contribution in [3.63, 3.8) is 0 Å². The van der Waals surface area contributed by atoms with Gasteiger partial charge in [0.2, 0.25) is 0 Å². The molecule has 1 aliphatic rings. The molecule has 1 nitrogen and oxygen atoms in total. The number of nitrogens with two attached hydrogens (primary N) is 1. The van der Waals surface area contributed by atoms with Crippen LogP contribution in [0.2, 0.25) is 0 Å². The Hall–Kier alpha value is -0.300. The summed E-state index contributed by atoms with van der Waals surface area (Å²) < 4.78 is 0. The Balaban J connectivity index is 2.85. The molecule has 4 unspecified atom stereocenters. The molecule has 0 saturated heterocycles. The summed E-state index contributed by atoms with van der Waals surface area (Å²) in [7, 11) is 0. The molecule has 0 spiro atoms. The van der Waals surface area contributed by atoms with Crippen LogP contribution in [0.3, 0.4) is 0 Å². The first-order valence-corrected chi connectivity index (χ1v) is 11.2. The highest BCUT2D eigenvalue weighted by Gasteiger charge is 2.27. The van der Waals surface area contributed by atoms with Gasteiger partial charge in [0.1, 0.15) is 0 Å². The normalized spacial score (nSPS) is 32.2. The van der Waals surface area contributed by atoms with Gasteiger partial charge in [0.05, 0.1) is 0 Å². The van der Waals surface area contributed by atoms with Crippen molar-refractivity contribution in [2.75, 3.05) is 0 Å². The molecule has 0 aromatic rings. The number of hydrogen-bond acceptors (Lipinski definition) is 1. The molecule has 1 fully saturated rings. The summed E-state index contributed by atoms with van der Waals surface area (Å²) in [5.74, 6) is 2.46. The molecule has 0 aromatic heterocycles. The van der Waals surface area contributed by atoms with Crippen molar-refractivity contribution < 1.29 is 0 Å². The summed E-state index contributed by atoms with van der Waals surface area (Å²) in [4.78, 5) is 0. The highest BCUT2D eigenvalue weighted by molar-refractivity contribution is 5.07. The van der Waals surface area contributed by atoms with Crippen LogP contribution in [0, 0.1) is 23.2 Å². The fourth-order valence-corrected chi connectivity index (χ4v) is 4.80. The minimum absolute atomic E-state index is 0.354. The minimum atomic E-state index is 0.354. The van der Waals surface area contributed by atoms with Crippen molar-refractivity contribution in [1.82, 2.24) is 0 Å². The maximum atomic E-state index is 6.49. The molecule has 25 heavy (non-hydrogen) atoms. The highest BCUT2D eigenvalue weighted by atomic mass is 14.6. The van der Waals surface area contributed by atoms with Crippen molar-refractivity contribution in [3.05, 3.63) is 11.6 Å². The fourth-order valence-electron chi connectivity index (χ4n) is 4.80. The third kappa shape index (κ3) is 8.76. The smallest absolute Gasteiger partial charge is 0.00761 e. The molecule has 1 rings (SSSR count). The summed E-state index contributed by atoms with van der Waals surface area (Å²) in [6, 6.07) is 0.354. The van der Waals surface area contributed by atoms with E-state index in [-0.39, 0.29) is 0 Å². The zero-order chi connectivity index (χ0) is 18.9. The third-order valence-electron chi connectivity index (χ3n) is 6.68. The summed E-state index contributed by atoms with van der Waals surface area (Å²) in [5.41, 5.74) is 8.53. The number of hydrogen-bond donors (Lipinski definition) is 1. The zero-order valence-electron chi connectivity index (χ0n) is 18.2. The SMILES string of the molecule is C/C=C1/CC(N)CCCC(C(C)(C)C)CCC(CCCCC)CC1C. The minimum Gasteiger partial charge on any atom is -0.327 e. The first-order chi connectivity index (χ1) is 11.8. The fraction of sp³-hybridized carbons (Fsp3) is 0.917. The molecule has 0 amide bonds. The maximum absolute atomic E-state index is 6.49. The van der Waals surface area contributed by atoms with Gasteiger partial charge in [0.15, 0.2) is 0 Å². The molecular formula is C24H47N. The van der Waals surface area contributed by atoms with Gasteiger partial charge in [0.25, 0.3) is 0 Å². The molecular weight excluding hydrogens is 302 g/mol. The first kappa shape index (κ1) is 22.7. The lowest BCUT2D eigenvalue weighted by atomic mass is 9.72. The monoisotopic (exact) mass is 349 g/mol. The van der Waals surface area contributed by atoms with E-state index in [2.05, 4.69) is 47.6 Å². The van der Waals surface area contributed by atoms with Crippen LogP contribution in [0.5, 0.6) is 0 Å². The molecule has 148 valence electrons. The van der Waals surface area contributed by atoms with Crippen molar-refractivity contribution >= 4 is 0 Å². The molecule has 0 radical (unpaired) electrons. The van der Waals surface area contributed by atoms with Gasteiger partial charge in [-0.1, -0.05) is 84.8 Å². The second-order valence-corrected chi connectivity index (χ2v) is 9.90. The van der Waals surface area contributed by atoms with Gasteiger partial charge in [-0.25, -0.2) is 0 Å². The van der Waals surface area contributed by atoms with E-state index >= 15 is 0 Å². The molecule has 0 aromatic carbocycles. The van der Waals surface area contributed by atoms with Crippen LogP contribution >= 0.6 is 0 Å². The van der Waals surface area contributed by atoms with E-state index in [0.29, 0.717) is 17.4 Å². The van der Waals surface area contributed by atoms with E-state index in [1.54, 1.807) is 5.57 Å². The molecule has 4 atom stereocenters. The zero-order valence-corrected chi connectivity index (χ0v) is 18.2. The Morgan fingerprint density at radius 3 is 2.40 bits per heavy atom. The van der Waals surface area contributed by atoms with Gasteiger partial charge in [0, 0.05) is 6.04 Å². The Bertz CT molecular complexity index is 376. The summed E-state index contributed by atoms with van der Waals surface area (Å²) in [6.45, 7) is 14.3. The standard InChI is InChI=1S/C24H47N/c1-7-9-10-12-20-15-16-22(24(4,5)6)13-11-14-23(25)18-21(8-2)19(3)17-20/h8,19-20,22-23H,7,9-18,25H2,1-6H3/b21-8-. The van der Waals surface area contributed by atoms with E-state index < -0.39 is 0 Å². The van der Waals surface area contributed by atoms with Crippen LogP contribution in [0.1, 0.15) is 112 Å². The van der Waals surface area contributed by atoms with Crippen molar-refractivity contribution in [2.24, 2.45) is 28.9 Å². The van der Waals surface area contributed by atoms with Crippen LogP contribution in [-0.4, -0.2) is 6.04 Å². The molecule has 1 saturated carbocycles. The van der Waals surface area contributed by atoms with Gasteiger partial charge in [-0.15, -0.1) is 0 Å². The highest BCUT2D eigenvalue weighted by Crippen LogP contribution is 2.38. The Kier molecular flexibility index (Phi) is 10.4. The lowest BCUT2D eigenvalue weighted by Gasteiger charge is -2.34. The summed E-state index contributed by atoms with van der Waals surface area (Å²) >= 11 is 0. The van der Waals surface area contributed by atoms with Crippen molar-refractivity contribution in [2.45, 2.75) is 118 Å². The molecule has 0 heterocycles. The molecule has 2 N–H and O–H groups in total. The average molecular weight is 350 g/mol. The predicted octanol–water partition coefficient (Wildman–Crippen LogP) is 7.50. The van der Waals surface area contributed by atoms with Gasteiger partial charge in [-0.05, 0) is 62.2 Å². The van der Waals surface area contributed by atoms with Crippen molar-refractivity contribution in [1.29, 1.82) is 0 Å². The van der Waals surface area contributed by atoms with Crippen LogP contribution < -0.4 is 5.73 Å². The van der Waals surface area contributed by atoms with E-state index in [4.69, 9.17) is 5.73 Å². The summed E-state index contributed by atoms with van der Waals surface area (Å²) in [5, 5.41) is 0. The Morgan fingerprint density at radius 2 is 1.80 bits per heavy atom. The first-order valence-electron chi connectivity index (χ1n) is 11.2. The van der Waals surface area contributed by atoms with Gasteiger partial charge < -0.3 is 5.73 Å². The van der Waals surface area contributed by atoms with Crippen LogP contribution in [0.4, 0.5) is 0 Å². The second-order valence-electron chi connectivity index (χ2n) is 9.90. The van der Waals surface area contributed by atoms with Crippen molar-refractivity contribution in [3.8, 4) is 0 Å². The van der Waals surface area contributed by atoms with E-state index in [9.17, 15) is 0 Å². The van der Waals surface area contributed by atoms with E-state index in [1.165, 1.54) is 64.2 Å². The van der Waals surface area contributed by atoms with Gasteiger partial charge in [-0.2, -0.15) is 0 Å². The second kappa shape index (κ2) is 11.4. The lowest BCUT2D eigenvalue weighted by molar-refractivity contribution is 0.183. The topological polar surface area (TPSA) is 26.0 Å². The largest absolute Gasteiger partial charge is 0.327 e. The number of rotatable bonds is 4. The van der Waals surface area contributed by atoms with Crippen LogP contribution in [0.25, 0.3) is 0 Å². The lowest BCUT2D eigenvalue weighted by Crippen LogP contribution is -2.26. The van der Waals surface area contributed by atoms with E-state index in [1.807, 2.05) is 0 Å². The van der Waals surface area contributed by atoms with E-state index in [0.717, 1.165) is 18.3 Å². The third-order valence-corrected chi connectivity index (χ3v) is 6.68. The predicted molar refractivity (Wildman–Crippen MR) is 114 cm³/mol.